The van der Waals surface area contributed by atoms with E-state index in [1.54, 1.807) is 19.1 Å². The zero-order chi connectivity index (χ0) is 19.5. The van der Waals surface area contributed by atoms with Gasteiger partial charge in [-0.3, -0.25) is 9.59 Å². The van der Waals surface area contributed by atoms with Gasteiger partial charge in [0.05, 0.1) is 16.5 Å². The molecule has 0 bridgehead atoms. The molecule has 0 N–H and O–H groups in total. The summed E-state index contributed by atoms with van der Waals surface area (Å²) in [5.74, 6) is -0.548. The van der Waals surface area contributed by atoms with Crippen LogP contribution in [0.3, 0.4) is 0 Å². The molecule has 7 heteroatoms. The van der Waals surface area contributed by atoms with E-state index in [9.17, 15) is 22.8 Å². The maximum Gasteiger partial charge on any atom is 0.416 e. The Morgan fingerprint density at radius 2 is 1.89 bits per heavy atom. The van der Waals surface area contributed by atoms with Crippen LogP contribution in [-0.4, -0.2) is 5.78 Å². The molecule has 4 rings (SSSR count). The molecule has 0 aliphatic carbocycles. The van der Waals surface area contributed by atoms with Gasteiger partial charge in [-0.2, -0.15) is 13.2 Å². The van der Waals surface area contributed by atoms with Gasteiger partial charge in [-0.15, -0.1) is 0 Å². The van der Waals surface area contributed by atoms with Gasteiger partial charge in [0.25, 0.3) is 0 Å². The highest BCUT2D eigenvalue weighted by Crippen LogP contribution is 2.41. The first-order chi connectivity index (χ1) is 12.7. The fourth-order valence-electron chi connectivity index (χ4n) is 3.24. The van der Waals surface area contributed by atoms with Gasteiger partial charge in [-0.1, -0.05) is 6.07 Å². The first-order valence-electron chi connectivity index (χ1n) is 8.12. The van der Waals surface area contributed by atoms with Crippen LogP contribution in [0.25, 0.3) is 22.3 Å². The van der Waals surface area contributed by atoms with Crippen molar-refractivity contribution >= 4 is 16.8 Å². The maximum atomic E-state index is 13.1. The standard InChI is InChI=1S/C20H13F3O4/c1-9-5-13(10(2)24)17-15(6-9)16(25)19-18(27-17)14-7-12(20(21,22)23)4-3-11(14)8-26-19/h3-7H,8H2,1-2H3. The van der Waals surface area contributed by atoms with Crippen LogP contribution in [-0.2, 0) is 12.8 Å². The third-order valence-electron chi connectivity index (χ3n) is 4.53. The van der Waals surface area contributed by atoms with Gasteiger partial charge in [0.1, 0.15) is 12.2 Å². The van der Waals surface area contributed by atoms with Crippen molar-refractivity contribution in [3.05, 3.63) is 62.8 Å². The highest BCUT2D eigenvalue weighted by atomic mass is 19.4. The first kappa shape index (κ1) is 17.3. The molecule has 4 nitrogen and oxygen atoms in total. The molecule has 0 unspecified atom stereocenters. The number of ketones is 1. The van der Waals surface area contributed by atoms with E-state index < -0.39 is 17.2 Å². The maximum absolute atomic E-state index is 13.1. The molecule has 2 aromatic carbocycles. The third kappa shape index (κ3) is 2.70. The molecular formula is C20H13F3O4. The molecule has 3 aromatic rings. The lowest BCUT2D eigenvalue weighted by Crippen LogP contribution is -2.16. The van der Waals surface area contributed by atoms with E-state index in [1.807, 2.05) is 0 Å². The molecule has 2 heterocycles. The highest BCUT2D eigenvalue weighted by molar-refractivity contribution is 6.05. The van der Waals surface area contributed by atoms with Crippen molar-refractivity contribution in [1.29, 1.82) is 0 Å². The van der Waals surface area contributed by atoms with Crippen LogP contribution in [0, 0.1) is 6.92 Å². The summed E-state index contributed by atoms with van der Waals surface area (Å²) in [5, 5.41) is 0.161. The second-order valence-corrected chi connectivity index (χ2v) is 6.49. The van der Waals surface area contributed by atoms with E-state index in [0.717, 1.165) is 12.1 Å². The summed E-state index contributed by atoms with van der Waals surface area (Å²) in [6.45, 7) is 3.03. The van der Waals surface area contributed by atoms with Crippen molar-refractivity contribution in [1.82, 2.24) is 0 Å². The van der Waals surface area contributed by atoms with E-state index in [2.05, 4.69) is 0 Å². The first-order valence-corrected chi connectivity index (χ1v) is 8.12. The van der Waals surface area contributed by atoms with E-state index in [-0.39, 0.29) is 46.0 Å². The van der Waals surface area contributed by atoms with Gasteiger partial charge in [-0.05, 0) is 43.7 Å². The van der Waals surface area contributed by atoms with Gasteiger partial charge in [-0.25, -0.2) is 0 Å². The summed E-state index contributed by atoms with van der Waals surface area (Å²) in [6.07, 6.45) is -4.54. The predicted octanol–water partition coefficient (Wildman–Crippen LogP) is 4.88. The molecule has 0 saturated carbocycles. The predicted molar refractivity (Wildman–Crippen MR) is 92.0 cm³/mol. The highest BCUT2D eigenvalue weighted by Gasteiger charge is 2.33. The molecule has 0 saturated heterocycles. The van der Waals surface area contributed by atoms with Crippen LogP contribution in [0.4, 0.5) is 13.2 Å². The van der Waals surface area contributed by atoms with Gasteiger partial charge in [0, 0.05) is 11.1 Å². The lowest BCUT2D eigenvalue weighted by molar-refractivity contribution is -0.137. The Balaban J connectivity index is 2.09. The lowest BCUT2D eigenvalue weighted by atomic mass is 9.97. The number of carbonyl (C=O) groups is 1. The number of carbonyl (C=O) groups excluding carboxylic acids is 1. The zero-order valence-electron chi connectivity index (χ0n) is 14.4. The Kier molecular flexibility index (Phi) is 3.66. The summed E-state index contributed by atoms with van der Waals surface area (Å²) in [6, 6.07) is 6.34. The van der Waals surface area contributed by atoms with E-state index in [1.165, 1.54) is 13.0 Å². The minimum absolute atomic E-state index is 0.0396. The number of benzene rings is 2. The number of rotatable bonds is 1. The number of hydrogen-bond acceptors (Lipinski definition) is 4. The number of ether oxygens (including phenoxy) is 1. The third-order valence-corrected chi connectivity index (χ3v) is 4.53. The van der Waals surface area contributed by atoms with Crippen LogP contribution in [0.15, 0.2) is 39.5 Å². The van der Waals surface area contributed by atoms with Crippen molar-refractivity contribution < 1.29 is 27.1 Å². The summed E-state index contributed by atoms with van der Waals surface area (Å²) >= 11 is 0. The van der Waals surface area contributed by atoms with Crippen LogP contribution in [0.5, 0.6) is 5.75 Å². The number of Topliss-reactive ketones (excluding diaryl/α,β-unsaturated/α-hetero) is 1. The fraction of sp³-hybridized carbons (Fsp3) is 0.200. The Bertz CT molecular complexity index is 1170. The van der Waals surface area contributed by atoms with Crippen molar-refractivity contribution in [2.45, 2.75) is 26.6 Å². The number of fused-ring (bicyclic) bond motifs is 4. The average molecular weight is 374 g/mol. The van der Waals surface area contributed by atoms with Crippen molar-refractivity contribution in [3.8, 4) is 17.1 Å². The molecule has 0 radical (unpaired) electrons. The Morgan fingerprint density at radius 1 is 1.15 bits per heavy atom. The van der Waals surface area contributed by atoms with Crippen LogP contribution >= 0.6 is 0 Å². The van der Waals surface area contributed by atoms with E-state index in [0.29, 0.717) is 11.1 Å². The van der Waals surface area contributed by atoms with Gasteiger partial charge in [0.15, 0.2) is 11.5 Å². The smallest absolute Gasteiger partial charge is 0.416 e. The second kappa shape index (κ2) is 5.70. The van der Waals surface area contributed by atoms with Crippen LogP contribution in [0.2, 0.25) is 0 Å². The molecule has 0 fully saturated rings. The lowest BCUT2D eigenvalue weighted by Gasteiger charge is -2.21. The van der Waals surface area contributed by atoms with Crippen LogP contribution < -0.4 is 10.2 Å². The summed E-state index contributed by atoms with van der Waals surface area (Å²) in [7, 11) is 0. The molecule has 1 aromatic heterocycles. The van der Waals surface area contributed by atoms with Gasteiger partial charge < -0.3 is 9.15 Å². The Labute approximate surface area is 151 Å². The quantitative estimate of drug-likeness (QED) is 0.570. The average Bonchev–Trinajstić information content (AvgIpc) is 2.60. The Morgan fingerprint density at radius 3 is 2.56 bits per heavy atom. The molecule has 1 aliphatic heterocycles. The molecule has 0 amide bonds. The normalized spacial score (nSPS) is 13.1. The summed E-state index contributed by atoms with van der Waals surface area (Å²) in [5.41, 5.74) is 0.174. The number of aryl methyl sites for hydroxylation is 1. The van der Waals surface area contributed by atoms with Crippen molar-refractivity contribution in [2.75, 3.05) is 0 Å². The van der Waals surface area contributed by atoms with Crippen molar-refractivity contribution in [3.63, 3.8) is 0 Å². The van der Waals surface area contributed by atoms with Gasteiger partial charge >= 0.3 is 6.18 Å². The Hall–Kier alpha value is -3.09. The van der Waals surface area contributed by atoms with E-state index >= 15 is 0 Å². The minimum Gasteiger partial charge on any atom is -0.481 e. The molecular weight excluding hydrogens is 361 g/mol. The number of alkyl halides is 3. The monoisotopic (exact) mass is 374 g/mol. The molecule has 1 aliphatic rings. The summed E-state index contributed by atoms with van der Waals surface area (Å²) < 4.78 is 50.6. The molecule has 0 atom stereocenters. The topological polar surface area (TPSA) is 56.5 Å². The molecule has 138 valence electrons. The molecule has 27 heavy (non-hydrogen) atoms. The SMILES string of the molecule is CC(=O)c1cc(C)cc2c(=O)c3c(oc12)-c1cc(C(F)(F)F)ccc1CO3. The molecule has 0 spiro atoms. The largest absolute Gasteiger partial charge is 0.481 e. The van der Waals surface area contributed by atoms with Crippen LogP contribution in [0.1, 0.15) is 34.0 Å². The fourth-order valence-corrected chi connectivity index (χ4v) is 3.24. The summed E-state index contributed by atoms with van der Waals surface area (Å²) in [4.78, 5) is 24.9. The zero-order valence-corrected chi connectivity index (χ0v) is 14.4. The number of halogens is 3. The van der Waals surface area contributed by atoms with Gasteiger partial charge in [0.2, 0.25) is 11.2 Å². The number of hydrogen-bond donors (Lipinski definition) is 0. The van der Waals surface area contributed by atoms with E-state index in [4.69, 9.17) is 9.15 Å². The van der Waals surface area contributed by atoms with Crippen molar-refractivity contribution in [2.24, 2.45) is 0 Å². The minimum atomic E-state index is -4.54. The second-order valence-electron chi connectivity index (χ2n) is 6.49.